The number of benzene rings is 1. The Balaban J connectivity index is 2.30. The molecule has 0 fully saturated rings. The molecule has 1 amide bonds. The van der Waals surface area contributed by atoms with Crippen LogP contribution in [-0.2, 0) is 11.3 Å². The van der Waals surface area contributed by atoms with Crippen molar-refractivity contribution in [2.45, 2.75) is 46.2 Å². The van der Waals surface area contributed by atoms with Gasteiger partial charge in [0.15, 0.2) is 0 Å². The lowest BCUT2D eigenvalue weighted by Gasteiger charge is -2.15. The van der Waals surface area contributed by atoms with Gasteiger partial charge in [0.1, 0.15) is 5.82 Å². The quantitative estimate of drug-likeness (QED) is 0.897. The van der Waals surface area contributed by atoms with Gasteiger partial charge in [0.05, 0.1) is 17.1 Å². The second-order valence-electron chi connectivity index (χ2n) is 4.74. The van der Waals surface area contributed by atoms with Crippen LogP contribution in [0.5, 0.6) is 0 Å². The molecule has 0 spiro atoms. The summed E-state index contributed by atoms with van der Waals surface area (Å²) in [5, 5.41) is 3.01. The van der Waals surface area contributed by atoms with E-state index in [-0.39, 0.29) is 11.9 Å². The highest BCUT2D eigenvalue weighted by Crippen LogP contribution is 2.20. The molecule has 1 aromatic heterocycles. The van der Waals surface area contributed by atoms with Crippen molar-refractivity contribution in [1.82, 2.24) is 14.9 Å². The van der Waals surface area contributed by atoms with Gasteiger partial charge in [-0.15, -0.1) is 0 Å². The highest BCUT2D eigenvalue weighted by Gasteiger charge is 2.16. The van der Waals surface area contributed by atoms with Crippen LogP contribution in [0.25, 0.3) is 11.0 Å². The van der Waals surface area contributed by atoms with Crippen LogP contribution in [0.15, 0.2) is 24.3 Å². The van der Waals surface area contributed by atoms with Crippen LogP contribution in [0.3, 0.4) is 0 Å². The van der Waals surface area contributed by atoms with Gasteiger partial charge >= 0.3 is 0 Å². The molecule has 0 bridgehead atoms. The van der Waals surface area contributed by atoms with Crippen molar-refractivity contribution < 1.29 is 4.79 Å². The van der Waals surface area contributed by atoms with Crippen LogP contribution in [-0.4, -0.2) is 15.5 Å². The number of hydrogen-bond donors (Lipinski definition) is 1. The highest BCUT2D eigenvalue weighted by molar-refractivity contribution is 5.78. The van der Waals surface area contributed by atoms with Crippen LogP contribution >= 0.6 is 0 Å². The minimum Gasteiger partial charge on any atom is -0.346 e. The molecule has 0 saturated heterocycles. The van der Waals surface area contributed by atoms with E-state index in [1.54, 1.807) is 0 Å². The number of aryl methyl sites for hydroxylation is 1. The van der Waals surface area contributed by atoms with Gasteiger partial charge in [-0.2, -0.15) is 0 Å². The molecular weight excluding hydrogens is 238 g/mol. The molecule has 0 radical (unpaired) electrons. The summed E-state index contributed by atoms with van der Waals surface area (Å²) < 4.78 is 2.16. The van der Waals surface area contributed by atoms with Crippen molar-refractivity contribution in [2.75, 3.05) is 0 Å². The van der Waals surface area contributed by atoms with Gasteiger partial charge in [0, 0.05) is 13.0 Å². The maximum Gasteiger partial charge on any atom is 0.220 e. The summed E-state index contributed by atoms with van der Waals surface area (Å²) in [7, 11) is 0. The normalized spacial score (nSPS) is 12.6. The molecule has 0 aliphatic rings. The first-order chi connectivity index (χ1) is 9.17. The summed E-state index contributed by atoms with van der Waals surface area (Å²) in [4.78, 5) is 16.3. The Bertz CT molecular complexity index is 574. The van der Waals surface area contributed by atoms with Crippen LogP contribution < -0.4 is 5.32 Å². The number of imidazole rings is 1. The third-order valence-electron chi connectivity index (χ3n) is 3.24. The first-order valence-electron chi connectivity index (χ1n) is 6.91. The minimum atomic E-state index is -0.0635. The summed E-state index contributed by atoms with van der Waals surface area (Å²) >= 11 is 0. The van der Waals surface area contributed by atoms with Crippen molar-refractivity contribution >= 4 is 16.9 Å². The molecule has 0 unspecified atom stereocenters. The molecule has 1 aromatic carbocycles. The number of carbonyl (C=O) groups is 1. The number of nitrogens with zero attached hydrogens (tertiary/aromatic N) is 2. The number of fused-ring (bicyclic) bond motifs is 1. The topological polar surface area (TPSA) is 46.9 Å². The molecule has 0 saturated carbocycles. The van der Waals surface area contributed by atoms with E-state index in [0.717, 1.165) is 29.8 Å². The molecule has 102 valence electrons. The second-order valence-corrected chi connectivity index (χ2v) is 4.74. The monoisotopic (exact) mass is 259 g/mol. The first-order valence-corrected chi connectivity index (χ1v) is 6.91. The molecule has 4 heteroatoms. The maximum atomic E-state index is 11.7. The van der Waals surface area contributed by atoms with E-state index >= 15 is 0 Å². The molecule has 1 heterocycles. The summed E-state index contributed by atoms with van der Waals surface area (Å²) in [6, 6.07) is 8.01. The predicted molar refractivity (Wildman–Crippen MR) is 76.9 cm³/mol. The molecule has 2 aromatic rings. The summed E-state index contributed by atoms with van der Waals surface area (Å²) in [5.74, 6) is 1.01. The Kier molecular flexibility index (Phi) is 4.20. The molecule has 0 aliphatic heterocycles. The van der Waals surface area contributed by atoms with E-state index in [1.165, 1.54) is 0 Å². The van der Waals surface area contributed by atoms with E-state index in [4.69, 9.17) is 0 Å². The molecule has 19 heavy (non-hydrogen) atoms. The van der Waals surface area contributed by atoms with E-state index in [1.807, 2.05) is 32.0 Å². The fourth-order valence-corrected chi connectivity index (χ4v) is 2.36. The lowest BCUT2D eigenvalue weighted by molar-refractivity contribution is -0.121. The van der Waals surface area contributed by atoms with E-state index in [2.05, 4.69) is 27.9 Å². The fraction of sp³-hybridized carbons (Fsp3) is 0.467. The van der Waals surface area contributed by atoms with Gasteiger partial charge in [0.2, 0.25) is 5.91 Å². The second kappa shape index (κ2) is 5.87. The minimum absolute atomic E-state index is 0.0635. The Morgan fingerprint density at radius 2 is 2.11 bits per heavy atom. The van der Waals surface area contributed by atoms with Crippen molar-refractivity contribution in [3.8, 4) is 0 Å². The Morgan fingerprint density at radius 1 is 1.37 bits per heavy atom. The number of carbonyl (C=O) groups excluding carboxylic acids is 1. The molecule has 0 aliphatic carbocycles. The van der Waals surface area contributed by atoms with Crippen molar-refractivity contribution in [2.24, 2.45) is 0 Å². The van der Waals surface area contributed by atoms with E-state index in [0.29, 0.717) is 6.42 Å². The third kappa shape index (κ3) is 2.78. The van der Waals surface area contributed by atoms with Gasteiger partial charge in [-0.25, -0.2) is 4.98 Å². The number of rotatable bonds is 5. The zero-order chi connectivity index (χ0) is 13.8. The smallest absolute Gasteiger partial charge is 0.220 e. The van der Waals surface area contributed by atoms with Crippen LogP contribution in [0.4, 0.5) is 0 Å². The van der Waals surface area contributed by atoms with E-state index in [9.17, 15) is 4.79 Å². The molecule has 1 atom stereocenters. The Hall–Kier alpha value is -1.84. The Morgan fingerprint density at radius 3 is 2.79 bits per heavy atom. The van der Waals surface area contributed by atoms with Gasteiger partial charge < -0.3 is 9.88 Å². The predicted octanol–water partition coefficient (Wildman–Crippen LogP) is 3.03. The third-order valence-corrected chi connectivity index (χ3v) is 3.24. The van der Waals surface area contributed by atoms with Crippen LogP contribution in [0.2, 0.25) is 0 Å². The average Bonchev–Trinajstić information content (AvgIpc) is 2.77. The molecular formula is C15H21N3O. The molecule has 1 N–H and O–H groups in total. The first kappa shape index (κ1) is 13.6. The number of aromatic nitrogens is 2. The fourth-order valence-electron chi connectivity index (χ4n) is 2.36. The van der Waals surface area contributed by atoms with E-state index < -0.39 is 0 Å². The average molecular weight is 259 g/mol. The van der Waals surface area contributed by atoms with Gasteiger partial charge in [-0.3, -0.25) is 4.79 Å². The zero-order valence-electron chi connectivity index (χ0n) is 11.8. The lowest BCUT2D eigenvalue weighted by atomic mass is 10.2. The number of hydrogen-bond acceptors (Lipinski definition) is 2. The summed E-state index contributed by atoms with van der Waals surface area (Å²) in [6.07, 6.45) is 1.43. The summed E-state index contributed by atoms with van der Waals surface area (Å²) in [6.45, 7) is 6.94. The standard InChI is InChI=1S/C15H21N3O/c1-4-8-14(19)16-11(3)15-17-12-9-6-7-10-13(12)18(15)5-2/h6-7,9-11H,4-5,8H2,1-3H3,(H,16,19)/t11-/m1/s1. The van der Waals surface area contributed by atoms with Crippen molar-refractivity contribution in [3.05, 3.63) is 30.1 Å². The van der Waals surface area contributed by atoms with Gasteiger partial charge in [0.25, 0.3) is 0 Å². The SMILES string of the molecule is CCCC(=O)N[C@H](C)c1nc2ccccc2n1CC. The molecule has 2 rings (SSSR count). The van der Waals surface area contributed by atoms with Gasteiger partial charge in [-0.1, -0.05) is 19.1 Å². The van der Waals surface area contributed by atoms with Crippen LogP contribution in [0.1, 0.15) is 45.5 Å². The highest BCUT2D eigenvalue weighted by atomic mass is 16.1. The zero-order valence-corrected chi connectivity index (χ0v) is 11.8. The summed E-state index contributed by atoms with van der Waals surface area (Å²) in [5.41, 5.74) is 2.10. The van der Waals surface area contributed by atoms with Crippen molar-refractivity contribution in [3.63, 3.8) is 0 Å². The van der Waals surface area contributed by atoms with Gasteiger partial charge in [-0.05, 0) is 32.4 Å². The lowest BCUT2D eigenvalue weighted by Crippen LogP contribution is -2.28. The maximum absolute atomic E-state index is 11.7. The largest absolute Gasteiger partial charge is 0.346 e. The molecule has 4 nitrogen and oxygen atoms in total. The number of amides is 1. The number of nitrogens with one attached hydrogen (secondary N) is 1. The van der Waals surface area contributed by atoms with Crippen molar-refractivity contribution in [1.29, 1.82) is 0 Å². The Labute approximate surface area is 113 Å². The number of para-hydroxylation sites is 2. The van der Waals surface area contributed by atoms with Crippen LogP contribution in [0, 0.1) is 0 Å².